The molecule has 0 aliphatic rings. The average Bonchev–Trinajstić information content (AvgIpc) is 2.37. The van der Waals surface area contributed by atoms with Crippen LogP contribution in [0.2, 0.25) is 5.02 Å². The number of likely N-dealkylation sites (N-methyl/N-ethyl adjacent to an activating group) is 1. The molecule has 0 saturated heterocycles. The molecule has 0 heterocycles. The van der Waals surface area contributed by atoms with Gasteiger partial charge in [0.2, 0.25) is 0 Å². The molecule has 1 aromatic rings. The SMILES string of the molecule is CCCN(C)CC(O)COC(C)c1ccc(Cl)cc1. The lowest BCUT2D eigenvalue weighted by Gasteiger charge is -2.21. The molecule has 0 fully saturated rings. The molecule has 0 radical (unpaired) electrons. The summed E-state index contributed by atoms with van der Waals surface area (Å²) in [5, 5.41) is 10.6. The predicted octanol–water partition coefficient (Wildman–Crippen LogP) is 3.12. The summed E-state index contributed by atoms with van der Waals surface area (Å²) >= 11 is 5.84. The molecule has 108 valence electrons. The number of aliphatic hydroxyl groups is 1. The number of nitrogens with zero attached hydrogens (tertiary/aromatic N) is 1. The normalized spacial score (nSPS) is 14.6. The van der Waals surface area contributed by atoms with Crippen LogP contribution >= 0.6 is 11.6 Å². The Labute approximate surface area is 121 Å². The first kappa shape index (κ1) is 16.4. The van der Waals surface area contributed by atoms with Gasteiger partial charge >= 0.3 is 0 Å². The molecular formula is C15H24ClNO2. The van der Waals surface area contributed by atoms with E-state index in [9.17, 15) is 5.11 Å². The minimum Gasteiger partial charge on any atom is -0.389 e. The van der Waals surface area contributed by atoms with E-state index in [1.807, 2.05) is 38.2 Å². The minimum atomic E-state index is -0.452. The first-order valence-corrected chi connectivity index (χ1v) is 7.14. The highest BCUT2D eigenvalue weighted by Gasteiger charge is 2.11. The monoisotopic (exact) mass is 285 g/mol. The number of rotatable bonds is 8. The number of ether oxygens (including phenoxy) is 1. The summed E-state index contributed by atoms with van der Waals surface area (Å²) in [6.45, 7) is 6.08. The number of hydrogen-bond acceptors (Lipinski definition) is 3. The van der Waals surface area contributed by atoms with Crippen LogP contribution in [-0.4, -0.2) is 42.9 Å². The Hall–Kier alpha value is -0.610. The van der Waals surface area contributed by atoms with E-state index in [2.05, 4.69) is 11.8 Å². The largest absolute Gasteiger partial charge is 0.389 e. The van der Waals surface area contributed by atoms with Gasteiger partial charge in [0.15, 0.2) is 0 Å². The van der Waals surface area contributed by atoms with E-state index in [1.54, 1.807) is 0 Å². The van der Waals surface area contributed by atoms with E-state index in [1.165, 1.54) is 0 Å². The summed E-state index contributed by atoms with van der Waals surface area (Å²) in [6, 6.07) is 7.59. The van der Waals surface area contributed by atoms with Crippen LogP contribution in [0.4, 0.5) is 0 Å². The van der Waals surface area contributed by atoms with Crippen LogP contribution in [0.5, 0.6) is 0 Å². The van der Waals surface area contributed by atoms with Crippen molar-refractivity contribution in [2.45, 2.75) is 32.5 Å². The zero-order valence-corrected chi connectivity index (χ0v) is 12.7. The molecule has 0 aromatic heterocycles. The summed E-state index contributed by atoms with van der Waals surface area (Å²) in [4.78, 5) is 2.11. The maximum Gasteiger partial charge on any atom is 0.0900 e. The predicted molar refractivity (Wildman–Crippen MR) is 79.6 cm³/mol. The number of benzene rings is 1. The third-order valence-electron chi connectivity index (χ3n) is 3.01. The van der Waals surface area contributed by atoms with Gasteiger partial charge in [-0.1, -0.05) is 30.7 Å². The van der Waals surface area contributed by atoms with Crippen molar-refractivity contribution in [1.29, 1.82) is 0 Å². The molecule has 1 N–H and O–H groups in total. The molecule has 0 bridgehead atoms. The van der Waals surface area contributed by atoms with Crippen molar-refractivity contribution in [2.75, 3.05) is 26.7 Å². The van der Waals surface area contributed by atoms with Crippen molar-refractivity contribution in [1.82, 2.24) is 4.90 Å². The highest BCUT2D eigenvalue weighted by Crippen LogP contribution is 2.19. The molecular weight excluding hydrogens is 262 g/mol. The Balaban J connectivity index is 2.33. The second-order valence-corrected chi connectivity index (χ2v) is 5.38. The van der Waals surface area contributed by atoms with Gasteiger partial charge in [-0.15, -0.1) is 0 Å². The molecule has 0 spiro atoms. The second kappa shape index (κ2) is 8.54. The third kappa shape index (κ3) is 6.39. The van der Waals surface area contributed by atoms with Crippen molar-refractivity contribution in [2.24, 2.45) is 0 Å². The van der Waals surface area contributed by atoms with Crippen LogP contribution in [0, 0.1) is 0 Å². The molecule has 19 heavy (non-hydrogen) atoms. The summed E-state index contributed by atoms with van der Waals surface area (Å²) in [6.07, 6.45) is 0.598. The fourth-order valence-electron chi connectivity index (χ4n) is 1.97. The van der Waals surface area contributed by atoms with Gasteiger partial charge in [-0.05, 0) is 44.6 Å². The lowest BCUT2D eigenvalue weighted by molar-refractivity contribution is -0.0130. The molecule has 0 aliphatic carbocycles. The maximum atomic E-state index is 9.90. The summed E-state index contributed by atoms with van der Waals surface area (Å²) in [7, 11) is 2.01. The Bertz CT molecular complexity index is 356. The summed E-state index contributed by atoms with van der Waals surface area (Å²) < 4.78 is 5.69. The van der Waals surface area contributed by atoms with Gasteiger partial charge in [0.25, 0.3) is 0 Å². The lowest BCUT2D eigenvalue weighted by atomic mass is 10.1. The highest BCUT2D eigenvalue weighted by atomic mass is 35.5. The molecule has 1 rings (SSSR count). The topological polar surface area (TPSA) is 32.7 Å². The lowest BCUT2D eigenvalue weighted by Crippen LogP contribution is -2.32. The van der Waals surface area contributed by atoms with Gasteiger partial charge < -0.3 is 14.7 Å². The van der Waals surface area contributed by atoms with E-state index < -0.39 is 6.10 Å². The summed E-state index contributed by atoms with van der Waals surface area (Å²) in [5.74, 6) is 0. The molecule has 0 amide bonds. The van der Waals surface area contributed by atoms with Crippen molar-refractivity contribution in [3.8, 4) is 0 Å². The zero-order valence-electron chi connectivity index (χ0n) is 12.0. The molecule has 3 nitrogen and oxygen atoms in total. The smallest absolute Gasteiger partial charge is 0.0900 e. The molecule has 1 aromatic carbocycles. The standard InChI is InChI=1S/C15H24ClNO2/c1-4-9-17(3)10-15(18)11-19-12(2)13-5-7-14(16)8-6-13/h5-8,12,15,18H,4,9-11H2,1-3H3. The van der Waals surface area contributed by atoms with Gasteiger partial charge in [-0.2, -0.15) is 0 Å². The molecule has 0 saturated carbocycles. The first-order chi connectivity index (χ1) is 9.02. The molecule has 2 atom stereocenters. The fraction of sp³-hybridized carbons (Fsp3) is 0.600. The van der Waals surface area contributed by atoms with Crippen molar-refractivity contribution in [3.63, 3.8) is 0 Å². The van der Waals surface area contributed by atoms with Gasteiger partial charge in [-0.25, -0.2) is 0 Å². The van der Waals surface area contributed by atoms with Gasteiger partial charge in [0.1, 0.15) is 0 Å². The number of aliphatic hydroxyl groups excluding tert-OH is 1. The Kier molecular flexibility index (Phi) is 7.39. The van der Waals surface area contributed by atoms with Gasteiger partial charge in [0.05, 0.1) is 18.8 Å². The highest BCUT2D eigenvalue weighted by molar-refractivity contribution is 6.30. The van der Waals surface area contributed by atoms with Crippen LogP contribution in [0.3, 0.4) is 0 Å². The maximum absolute atomic E-state index is 9.90. The van der Waals surface area contributed by atoms with Crippen LogP contribution in [-0.2, 0) is 4.74 Å². The van der Waals surface area contributed by atoms with E-state index in [4.69, 9.17) is 16.3 Å². The molecule has 4 heteroatoms. The molecule has 2 unspecified atom stereocenters. The Morgan fingerprint density at radius 1 is 1.32 bits per heavy atom. The fourth-order valence-corrected chi connectivity index (χ4v) is 2.10. The quantitative estimate of drug-likeness (QED) is 0.797. The zero-order chi connectivity index (χ0) is 14.3. The van der Waals surface area contributed by atoms with Crippen molar-refractivity contribution in [3.05, 3.63) is 34.9 Å². The van der Waals surface area contributed by atoms with E-state index in [0.29, 0.717) is 13.2 Å². The van der Waals surface area contributed by atoms with Gasteiger partial charge in [0, 0.05) is 11.6 Å². The van der Waals surface area contributed by atoms with E-state index in [-0.39, 0.29) is 6.10 Å². The summed E-state index contributed by atoms with van der Waals surface area (Å²) in [5.41, 5.74) is 1.07. The van der Waals surface area contributed by atoms with Crippen molar-refractivity contribution < 1.29 is 9.84 Å². The van der Waals surface area contributed by atoms with Crippen LogP contribution in [0.25, 0.3) is 0 Å². The van der Waals surface area contributed by atoms with Crippen molar-refractivity contribution >= 4 is 11.6 Å². The third-order valence-corrected chi connectivity index (χ3v) is 3.26. The Morgan fingerprint density at radius 3 is 2.53 bits per heavy atom. The van der Waals surface area contributed by atoms with Crippen LogP contribution < -0.4 is 0 Å². The average molecular weight is 286 g/mol. The Morgan fingerprint density at radius 2 is 1.95 bits per heavy atom. The van der Waals surface area contributed by atoms with Gasteiger partial charge in [-0.3, -0.25) is 0 Å². The van der Waals surface area contributed by atoms with E-state index >= 15 is 0 Å². The second-order valence-electron chi connectivity index (χ2n) is 4.94. The molecule has 0 aliphatic heterocycles. The number of hydrogen-bond donors (Lipinski definition) is 1. The number of halogens is 1. The van der Waals surface area contributed by atoms with Crippen LogP contribution in [0.1, 0.15) is 31.9 Å². The minimum absolute atomic E-state index is 0.0385. The van der Waals surface area contributed by atoms with E-state index in [0.717, 1.165) is 23.6 Å². The first-order valence-electron chi connectivity index (χ1n) is 6.76. The van der Waals surface area contributed by atoms with Crippen LogP contribution in [0.15, 0.2) is 24.3 Å².